The number of carboxylic acids is 1. The molecule has 0 spiro atoms. The predicted octanol–water partition coefficient (Wildman–Crippen LogP) is 1.85. The molecule has 1 aliphatic heterocycles. The molecule has 1 amide bonds. The maximum Gasteiger partial charge on any atom is 0.308 e. The molecular formula is C15H18N2O5. The van der Waals surface area contributed by atoms with Crippen LogP contribution in [0, 0.1) is 16.0 Å². The number of aliphatic carboxylic acids is 1. The summed E-state index contributed by atoms with van der Waals surface area (Å²) in [6, 6.07) is 5.59. The highest BCUT2D eigenvalue weighted by Crippen LogP contribution is 2.25. The third-order valence-corrected chi connectivity index (χ3v) is 4.10. The molecule has 1 aromatic rings. The number of carboxylic acid groups (broad SMARTS) is 1. The van der Waals surface area contributed by atoms with E-state index in [0.717, 1.165) is 0 Å². The van der Waals surface area contributed by atoms with Gasteiger partial charge < -0.3 is 10.0 Å². The number of likely N-dealkylation sites (tertiary alicyclic amines) is 1. The second kappa shape index (κ2) is 6.55. The van der Waals surface area contributed by atoms with Crippen LogP contribution in [0.3, 0.4) is 0 Å². The van der Waals surface area contributed by atoms with Crippen LogP contribution in [0.15, 0.2) is 24.3 Å². The quantitative estimate of drug-likeness (QED) is 0.675. The zero-order chi connectivity index (χ0) is 16.3. The van der Waals surface area contributed by atoms with Crippen LogP contribution in [0.5, 0.6) is 0 Å². The fourth-order valence-electron chi connectivity index (χ4n) is 2.88. The average molecular weight is 306 g/mol. The van der Waals surface area contributed by atoms with Gasteiger partial charge >= 0.3 is 5.97 Å². The maximum atomic E-state index is 12.4. The number of carbonyl (C=O) groups is 2. The smallest absolute Gasteiger partial charge is 0.308 e. The molecule has 0 unspecified atom stereocenters. The molecule has 7 nitrogen and oxygen atoms in total. The molecule has 0 radical (unpaired) electrons. The summed E-state index contributed by atoms with van der Waals surface area (Å²) in [5.41, 5.74) is 0.504. The van der Waals surface area contributed by atoms with Crippen LogP contribution < -0.4 is 0 Å². The van der Waals surface area contributed by atoms with Gasteiger partial charge in [-0.2, -0.15) is 0 Å². The van der Waals surface area contributed by atoms with Crippen LogP contribution >= 0.6 is 0 Å². The first-order valence-electron chi connectivity index (χ1n) is 7.15. The SMILES string of the molecule is C[C@@H]1[C@H](C(=O)O)CCCN1C(=O)Cc1cccc([N+](=O)[O-])c1. The van der Waals surface area contributed by atoms with Gasteiger partial charge in [-0.25, -0.2) is 0 Å². The zero-order valence-electron chi connectivity index (χ0n) is 12.3. The molecule has 0 aromatic heterocycles. The molecule has 0 aliphatic carbocycles. The molecule has 2 rings (SSSR count). The monoisotopic (exact) mass is 306 g/mol. The molecule has 1 aromatic carbocycles. The second-order valence-corrected chi connectivity index (χ2v) is 5.52. The van der Waals surface area contributed by atoms with Gasteiger partial charge in [0, 0.05) is 24.7 Å². The van der Waals surface area contributed by atoms with Gasteiger partial charge in [0.2, 0.25) is 5.91 Å². The Kier molecular flexibility index (Phi) is 4.75. The molecule has 0 saturated carbocycles. The number of non-ortho nitro benzene ring substituents is 1. The summed E-state index contributed by atoms with van der Waals surface area (Å²) < 4.78 is 0. The number of rotatable bonds is 4. The number of benzene rings is 1. The van der Waals surface area contributed by atoms with Crippen molar-refractivity contribution in [1.82, 2.24) is 4.90 Å². The number of nitro groups is 1. The van der Waals surface area contributed by atoms with Crippen LogP contribution in [-0.2, 0) is 16.0 Å². The average Bonchev–Trinajstić information content (AvgIpc) is 2.47. The first-order valence-corrected chi connectivity index (χ1v) is 7.15. The standard InChI is InChI=1S/C15H18N2O5/c1-10-13(15(19)20)6-3-7-16(10)14(18)9-11-4-2-5-12(8-11)17(21)22/h2,4-5,8,10,13H,3,6-7,9H2,1H3,(H,19,20)/t10-,13-/m1/s1. The van der Waals surface area contributed by atoms with E-state index in [1.54, 1.807) is 24.0 Å². The Hall–Kier alpha value is -2.44. The van der Waals surface area contributed by atoms with Crippen molar-refractivity contribution < 1.29 is 19.6 Å². The normalized spacial score (nSPS) is 21.4. The first kappa shape index (κ1) is 15.9. The number of nitrogens with zero attached hydrogens (tertiary/aromatic N) is 2. The van der Waals surface area contributed by atoms with Crippen LogP contribution in [0.1, 0.15) is 25.3 Å². The summed E-state index contributed by atoms with van der Waals surface area (Å²) in [4.78, 5) is 35.4. The van der Waals surface area contributed by atoms with Gasteiger partial charge in [0.25, 0.3) is 5.69 Å². The number of carbonyl (C=O) groups excluding carboxylic acids is 1. The fourth-order valence-corrected chi connectivity index (χ4v) is 2.88. The highest BCUT2D eigenvalue weighted by atomic mass is 16.6. The minimum Gasteiger partial charge on any atom is -0.481 e. The van der Waals surface area contributed by atoms with Gasteiger partial charge in [-0.1, -0.05) is 12.1 Å². The van der Waals surface area contributed by atoms with E-state index < -0.39 is 16.8 Å². The summed E-state index contributed by atoms with van der Waals surface area (Å²) in [6.07, 6.45) is 1.26. The van der Waals surface area contributed by atoms with E-state index in [4.69, 9.17) is 0 Å². The molecule has 1 N–H and O–H groups in total. The molecule has 7 heteroatoms. The largest absolute Gasteiger partial charge is 0.481 e. The van der Waals surface area contributed by atoms with Crippen LogP contribution in [0.4, 0.5) is 5.69 Å². The molecule has 118 valence electrons. The molecular weight excluding hydrogens is 288 g/mol. The number of hydrogen-bond acceptors (Lipinski definition) is 4. The topological polar surface area (TPSA) is 101 Å². The Morgan fingerprint density at radius 1 is 1.45 bits per heavy atom. The van der Waals surface area contributed by atoms with Crippen molar-refractivity contribution in [2.75, 3.05) is 6.54 Å². The van der Waals surface area contributed by atoms with E-state index >= 15 is 0 Å². The first-order chi connectivity index (χ1) is 10.4. The second-order valence-electron chi connectivity index (χ2n) is 5.52. The summed E-state index contributed by atoms with van der Waals surface area (Å²) >= 11 is 0. The molecule has 2 atom stereocenters. The Morgan fingerprint density at radius 3 is 2.82 bits per heavy atom. The van der Waals surface area contributed by atoms with Crippen molar-refractivity contribution >= 4 is 17.6 Å². The lowest BCUT2D eigenvalue weighted by atomic mass is 9.90. The minimum absolute atomic E-state index is 0.0400. The molecule has 1 heterocycles. The highest BCUT2D eigenvalue weighted by molar-refractivity contribution is 5.80. The lowest BCUT2D eigenvalue weighted by molar-refractivity contribution is -0.384. The lowest BCUT2D eigenvalue weighted by Gasteiger charge is -2.37. The third-order valence-electron chi connectivity index (χ3n) is 4.10. The molecule has 1 aliphatic rings. The summed E-state index contributed by atoms with van der Waals surface area (Å²) in [7, 11) is 0. The molecule has 1 fully saturated rings. The number of hydrogen-bond donors (Lipinski definition) is 1. The van der Waals surface area contributed by atoms with Crippen molar-refractivity contribution in [2.24, 2.45) is 5.92 Å². The summed E-state index contributed by atoms with van der Waals surface area (Å²) in [6.45, 7) is 2.27. The van der Waals surface area contributed by atoms with Gasteiger partial charge in [0.1, 0.15) is 0 Å². The Labute approximate surface area is 127 Å². The third kappa shape index (κ3) is 3.41. The van der Waals surface area contributed by atoms with Crippen LogP contribution in [-0.4, -0.2) is 39.4 Å². The predicted molar refractivity (Wildman–Crippen MR) is 78.3 cm³/mol. The van der Waals surface area contributed by atoms with Gasteiger partial charge in [-0.3, -0.25) is 19.7 Å². The van der Waals surface area contributed by atoms with E-state index in [9.17, 15) is 24.8 Å². The Bertz CT molecular complexity index is 601. The van der Waals surface area contributed by atoms with E-state index in [2.05, 4.69) is 0 Å². The van der Waals surface area contributed by atoms with E-state index in [-0.39, 0.29) is 24.1 Å². The van der Waals surface area contributed by atoms with Crippen LogP contribution in [0.2, 0.25) is 0 Å². The van der Waals surface area contributed by atoms with Gasteiger partial charge in [0.05, 0.1) is 17.3 Å². The van der Waals surface area contributed by atoms with Gasteiger partial charge in [-0.15, -0.1) is 0 Å². The van der Waals surface area contributed by atoms with Crippen molar-refractivity contribution in [1.29, 1.82) is 0 Å². The molecule has 22 heavy (non-hydrogen) atoms. The van der Waals surface area contributed by atoms with Gasteiger partial charge in [-0.05, 0) is 25.3 Å². The van der Waals surface area contributed by atoms with Gasteiger partial charge in [0.15, 0.2) is 0 Å². The molecule has 1 saturated heterocycles. The van der Waals surface area contributed by atoms with Crippen molar-refractivity contribution in [3.05, 3.63) is 39.9 Å². The lowest BCUT2D eigenvalue weighted by Crippen LogP contribution is -2.49. The van der Waals surface area contributed by atoms with Crippen molar-refractivity contribution in [3.63, 3.8) is 0 Å². The van der Waals surface area contributed by atoms with Crippen molar-refractivity contribution in [2.45, 2.75) is 32.2 Å². The van der Waals surface area contributed by atoms with E-state index in [1.165, 1.54) is 12.1 Å². The maximum absolute atomic E-state index is 12.4. The van der Waals surface area contributed by atoms with Crippen LogP contribution in [0.25, 0.3) is 0 Å². The minimum atomic E-state index is -0.889. The van der Waals surface area contributed by atoms with Crippen molar-refractivity contribution in [3.8, 4) is 0 Å². The Morgan fingerprint density at radius 2 is 2.18 bits per heavy atom. The molecule has 0 bridgehead atoms. The number of nitro benzene ring substituents is 1. The zero-order valence-corrected chi connectivity index (χ0v) is 12.3. The van der Waals surface area contributed by atoms with E-state index in [1.807, 2.05) is 0 Å². The summed E-state index contributed by atoms with van der Waals surface area (Å²) in [5, 5.41) is 19.9. The Balaban J connectivity index is 2.10. The highest BCUT2D eigenvalue weighted by Gasteiger charge is 2.35. The summed E-state index contributed by atoms with van der Waals surface area (Å²) in [5.74, 6) is -1.64. The fraction of sp³-hybridized carbons (Fsp3) is 0.467. The number of amides is 1. The number of piperidine rings is 1. The van der Waals surface area contributed by atoms with E-state index in [0.29, 0.717) is 24.9 Å².